The molecule has 0 aliphatic carbocycles. The predicted octanol–water partition coefficient (Wildman–Crippen LogP) is 3.18. The number of benzene rings is 1. The summed E-state index contributed by atoms with van der Waals surface area (Å²) in [4.78, 5) is 24.0. The van der Waals surface area contributed by atoms with Crippen molar-refractivity contribution in [2.24, 2.45) is 4.99 Å². The van der Waals surface area contributed by atoms with Crippen molar-refractivity contribution < 1.29 is 9.90 Å². The molecule has 5 heteroatoms. The molecule has 1 saturated heterocycles. The standard InChI is InChI=1S/C20H21N3O2/c1-11-8-16-17(9-12(11)2)22-19-20(25,18(16)24)5-6-23(19)15-7-13(3)14(4)21-10-15/h7-10,25H,5-6H2,1-4H3/t20-/m1/s1. The van der Waals surface area contributed by atoms with Crippen molar-refractivity contribution in [3.05, 3.63) is 52.3 Å². The normalized spacial score (nSPS) is 21.9. The number of hydrogen-bond donors (Lipinski definition) is 1. The summed E-state index contributed by atoms with van der Waals surface area (Å²) in [6.45, 7) is 8.47. The van der Waals surface area contributed by atoms with Crippen molar-refractivity contribution in [3.63, 3.8) is 0 Å². The first-order valence-corrected chi connectivity index (χ1v) is 8.49. The molecule has 0 amide bonds. The van der Waals surface area contributed by atoms with Gasteiger partial charge < -0.3 is 10.0 Å². The topological polar surface area (TPSA) is 65.8 Å². The summed E-state index contributed by atoms with van der Waals surface area (Å²) in [7, 11) is 0. The second-order valence-corrected chi connectivity index (χ2v) is 7.08. The molecule has 1 fully saturated rings. The Hall–Kier alpha value is -2.53. The van der Waals surface area contributed by atoms with Crippen LogP contribution in [0.3, 0.4) is 0 Å². The van der Waals surface area contributed by atoms with Crippen LogP contribution >= 0.6 is 0 Å². The van der Waals surface area contributed by atoms with Crippen LogP contribution in [0.5, 0.6) is 0 Å². The van der Waals surface area contributed by atoms with Gasteiger partial charge in [-0.1, -0.05) is 0 Å². The van der Waals surface area contributed by atoms with E-state index in [1.165, 1.54) is 0 Å². The molecule has 2 aliphatic rings. The summed E-state index contributed by atoms with van der Waals surface area (Å²) in [5.41, 5.74) is 4.61. The number of pyridine rings is 1. The van der Waals surface area contributed by atoms with Gasteiger partial charge in [-0.05, 0) is 62.6 Å². The van der Waals surface area contributed by atoms with E-state index in [4.69, 9.17) is 0 Å². The molecule has 0 spiro atoms. The average Bonchev–Trinajstić information content (AvgIpc) is 2.91. The van der Waals surface area contributed by atoms with Crippen LogP contribution in [0.15, 0.2) is 29.4 Å². The fourth-order valence-electron chi connectivity index (χ4n) is 3.52. The third kappa shape index (κ3) is 2.23. The highest BCUT2D eigenvalue weighted by atomic mass is 16.3. The Morgan fingerprint density at radius 2 is 1.80 bits per heavy atom. The van der Waals surface area contributed by atoms with E-state index < -0.39 is 5.60 Å². The molecule has 1 aromatic carbocycles. The molecule has 0 radical (unpaired) electrons. The minimum Gasteiger partial charge on any atom is -0.374 e. The Bertz CT molecular complexity index is 948. The van der Waals surface area contributed by atoms with Gasteiger partial charge in [-0.3, -0.25) is 9.78 Å². The van der Waals surface area contributed by atoms with Gasteiger partial charge >= 0.3 is 0 Å². The van der Waals surface area contributed by atoms with Gasteiger partial charge in [0.25, 0.3) is 0 Å². The summed E-state index contributed by atoms with van der Waals surface area (Å²) in [6, 6.07) is 5.78. The lowest BCUT2D eigenvalue weighted by molar-refractivity contribution is 0.0602. The van der Waals surface area contributed by atoms with Gasteiger partial charge in [0.05, 0.1) is 17.6 Å². The maximum absolute atomic E-state index is 13.0. The lowest BCUT2D eigenvalue weighted by Gasteiger charge is -2.30. The highest BCUT2D eigenvalue weighted by molar-refractivity contribution is 6.28. The van der Waals surface area contributed by atoms with Crippen LogP contribution in [0.2, 0.25) is 0 Å². The van der Waals surface area contributed by atoms with E-state index in [0.29, 0.717) is 30.1 Å². The molecule has 2 aliphatic heterocycles. The smallest absolute Gasteiger partial charge is 0.204 e. The maximum atomic E-state index is 13.0. The Morgan fingerprint density at radius 1 is 1.08 bits per heavy atom. The number of aliphatic hydroxyl groups is 1. The number of nitrogens with zero attached hydrogens (tertiary/aromatic N) is 3. The number of aromatic nitrogens is 1. The zero-order valence-corrected chi connectivity index (χ0v) is 14.9. The van der Waals surface area contributed by atoms with Gasteiger partial charge in [0, 0.05) is 24.2 Å². The molecule has 4 rings (SSSR count). The van der Waals surface area contributed by atoms with Crippen LogP contribution in [0.4, 0.5) is 11.4 Å². The van der Waals surface area contributed by atoms with Crippen molar-refractivity contribution in [2.75, 3.05) is 11.4 Å². The average molecular weight is 335 g/mol. The first-order valence-electron chi connectivity index (χ1n) is 8.49. The monoisotopic (exact) mass is 335 g/mol. The van der Waals surface area contributed by atoms with E-state index >= 15 is 0 Å². The summed E-state index contributed by atoms with van der Waals surface area (Å²) in [6.07, 6.45) is 2.11. The van der Waals surface area contributed by atoms with E-state index in [2.05, 4.69) is 9.98 Å². The molecule has 0 bridgehead atoms. The summed E-state index contributed by atoms with van der Waals surface area (Å²) >= 11 is 0. The Labute approximate surface area is 147 Å². The fraction of sp³-hybridized carbons (Fsp3) is 0.350. The second-order valence-electron chi connectivity index (χ2n) is 7.08. The Balaban J connectivity index is 1.87. The number of aliphatic imine (C=N–C) groups is 1. The molecule has 1 aromatic heterocycles. The van der Waals surface area contributed by atoms with E-state index in [-0.39, 0.29) is 5.78 Å². The van der Waals surface area contributed by atoms with Crippen LogP contribution < -0.4 is 4.90 Å². The van der Waals surface area contributed by atoms with Crippen molar-refractivity contribution in [2.45, 2.75) is 39.7 Å². The van der Waals surface area contributed by atoms with Gasteiger partial charge in [0.1, 0.15) is 5.84 Å². The van der Waals surface area contributed by atoms with Gasteiger partial charge in [-0.25, -0.2) is 4.99 Å². The highest BCUT2D eigenvalue weighted by Crippen LogP contribution is 2.40. The molecule has 2 aromatic rings. The fourth-order valence-corrected chi connectivity index (χ4v) is 3.52. The maximum Gasteiger partial charge on any atom is 0.204 e. The number of rotatable bonds is 1. The van der Waals surface area contributed by atoms with Gasteiger partial charge in [0.15, 0.2) is 5.60 Å². The number of carbonyl (C=O) groups excluding carboxylic acids is 1. The molecule has 0 unspecified atom stereocenters. The first-order chi connectivity index (χ1) is 11.8. The Morgan fingerprint density at radius 3 is 2.52 bits per heavy atom. The quantitative estimate of drug-likeness (QED) is 0.869. The summed E-state index contributed by atoms with van der Waals surface area (Å²) in [5.74, 6) is 0.160. The number of anilines is 1. The number of amidine groups is 1. The van der Waals surface area contributed by atoms with E-state index in [0.717, 1.165) is 28.1 Å². The molecule has 1 N–H and O–H groups in total. The van der Waals surface area contributed by atoms with Crippen molar-refractivity contribution in [1.82, 2.24) is 4.98 Å². The molecule has 3 heterocycles. The summed E-state index contributed by atoms with van der Waals surface area (Å²) in [5, 5.41) is 11.1. The SMILES string of the molecule is Cc1cc2c(cc1C)C(=O)[C@]1(O)CCN(c3cnc(C)c(C)c3)C1=N2. The lowest BCUT2D eigenvalue weighted by atomic mass is 9.86. The zero-order valence-electron chi connectivity index (χ0n) is 14.9. The highest BCUT2D eigenvalue weighted by Gasteiger charge is 2.52. The molecule has 1 atom stereocenters. The van der Waals surface area contributed by atoms with Crippen LogP contribution in [0.25, 0.3) is 0 Å². The van der Waals surface area contributed by atoms with E-state index in [1.54, 1.807) is 6.20 Å². The third-order valence-corrected chi connectivity index (χ3v) is 5.42. The summed E-state index contributed by atoms with van der Waals surface area (Å²) < 4.78 is 0. The minimum absolute atomic E-state index is 0.255. The largest absolute Gasteiger partial charge is 0.374 e. The lowest BCUT2D eigenvalue weighted by Crippen LogP contribution is -2.48. The molecule has 128 valence electrons. The van der Waals surface area contributed by atoms with Crippen LogP contribution in [-0.2, 0) is 0 Å². The number of ketones is 1. The number of aryl methyl sites for hydroxylation is 4. The van der Waals surface area contributed by atoms with E-state index in [1.807, 2.05) is 50.8 Å². The van der Waals surface area contributed by atoms with Gasteiger partial charge in [-0.2, -0.15) is 0 Å². The number of fused-ring (bicyclic) bond motifs is 2. The van der Waals surface area contributed by atoms with E-state index in [9.17, 15) is 9.90 Å². The Kier molecular flexibility index (Phi) is 3.34. The molecular formula is C20H21N3O2. The van der Waals surface area contributed by atoms with Crippen molar-refractivity contribution in [3.8, 4) is 0 Å². The number of hydrogen-bond acceptors (Lipinski definition) is 5. The minimum atomic E-state index is -1.55. The van der Waals surface area contributed by atoms with Crippen molar-refractivity contribution in [1.29, 1.82) is 0 Å². The van der Waals surface area contributed by atoms with Crippen LogP contribution in [0.1, 0.15) is 39.2 Å². The van der Waals surface area contributed by atoms with Crippen LogP contribution in [-0.4, -0.2) is 33.9 Å². The zero-order chi connectivity index (χ0) is 17.9. The van der Waals surface area contributed by atoms with Crippen molar-refractivity contribution >= 4 is 23.0 Å². The predicted molar refractivity (Wildman–Crippen MR) is 98.0 cm³/mol. The first kappa shape index (κ1) is 16.0. The number of carbonyl (C=O) groups is 1. The van der Waals surface area contributed by atoms with Crippen LogP contribution in [0, 0.1) is 27.7 Å². The second kappa shape index (κ2) is 5.23. The third-order valence-electron chi connectivity index (χ3n) is 5.42. The molecule has 5 nitrogen and oxygen atoms in total. The number of Topliss-reactive ketones (excluding diaryl/α,β-unsaturated/α-hetero) is 1. The van der Waals surface area contributed by atoms with Gasteiger partial charge in [-0.15, -0.1) is 0 Å². The molecular weight excluding hydrogens is 314 g/mol. The molecule has 0 saturated carbocycles. The van der Waals surface area contributed by atoms with Gasteiger partial charge in [0.2, 0.25) is 5.78 Å². The molecule has 25 heavy (non-hydrogen) atoms.